The Morgan fingerprint density at radius 1 is 1.32 bits per heavy atom. The zero-order valence-corrected chi connectivity index (χ0v) is 15.0. The van der Waals surface area contributed by atoms with Crippen LogP contribution in [-0.4, -0.2) is 39.7 Å². The number of nitrogens with one attached hydrogen (secondary N) is 1. The molecule has 25 heavy (non-hydrogen) atoms. The van der Waals surface area contributed by atoms with E-state index in [1.807, 2.05) is 11.8 Å². The molecule has 5 nitrogen and oxygen atoms in total. The highest BCUT2D eigenvalue weighted by molar-refractivity contribution is 8.15. The average molecular weight is 363 g/mol. The van der Waals surface area contributed by atoms with E-state index < -0.39 is 5.25 Å². The number of rotatable bonds is 5. The summed E-state index contributed by atoms with van der Waals surface area (Å²) in [7, 11) is 0. The maximum Gasteiger partial charge on any atom is 0.242 e. The summed E-state index contributed by atoms with van der Waals surface area (Å²) in [6.07, 6.45) is 4.36. The molecule has 2 fully saturated rings. The molecule has 1 heterocycles. The van der Waals surface area contributed by atoms with Crippen LogP contribution in [0, 0.1) is 5.82 Å². The zero-order valence-electron chi connectivity index (χ0n) is 14.2. The van der Waals surface area contributed by atoms with Gasteiger partial charge in [0, 0.05) is 24.7 Å². The number of nitrogens with zero attached hydrogens (tertiary/aromatic N) is 2. The van der Waals surface area contributed by atoms with Crippen molar-refractivity contribution < 1.29 is 14.0 Å². The molecule has 134 valence electrons. The van der Waals surface area contributed by atoms with E-state index in [1.54, 1.807) is 0 Å². The van der Waals surface area contributed by atoms with Crippen molar-refractivity contribution in [2.45, 2.75) is 50.3 Å². The molecule has 0 bridgehead atoms. The SMILES string of the molecule is CCN=C1S[C@@H](CC(=O)Nc2ccc(F)cc2)C(=O)N1C1CCCC1. The topological polar surface area (TPSA) is 61.8 Å². The lowest BCUT2D eigenvalue weighted by molar-refractivity contribution is -0.129. The molecule has 1 saturated heterocycles. The molecule has 3 rings (SSSR count). The largest absolute Gasteiger partial charge is 0.326 e. The van der Waals surface area contributed by atoms with Crippen molar-refractivity contribution in [2.24, 2.45) is 4.99 Å². The third-order valence-corrected chi connectivity index (χ3v) is 5.64. The predicted octanol–water partition coefficient (Wildman–Crippen LogP) is 3.42. The Labute approximate surface area is 151 Å². The van der Waals surface area contributed by atoms with E-state index >= 15 is 0 Å². The highest BCUT2D eigenvalue weighted by Crippen LogP contribution is 2.36. The van der Waals surface area contributed by atoms with Gasteiger partial charge in [-0.05, 0) is 44.0 Å². The number of aliphatic imine (C=N–C) groups is 1. The van der Waals surface area contributed by atoms with Crippen LogP contribution in [-0.2, 0) is 9.59 Å². The van der Waals surface area contributed by atoms with E-state index in [9.17, 15) is 14.0 Å². The molecule has 1 aromatic carbocycles. The van der Waals surface area contributed by atoms with E-state index in [2.05, 4.69) is 10.3 Å². The Kier molecular flexibility index (Phi) is 5.73. The number of amides is 2. The zero-order chi connectivity index (χ0) is 17.8. The third kappa shape index (κ3) is 4.21. The van der Waals surface area contributed by atoms with E-state index in [0.717, 1.165) is 30.9 Å². The molecule has 0 aromatic heterocycles. The van der Waals surface area contributed by atoms with E-state index in [1.165, 1.54) is 36.0 Å². The Balaban J connectivity index is 1.65. The van der Waals surface area contributed by atoms with Crippen molar-refractivity contribution in [1.82, 2.24) is 4.90 Å². The molecule has 1 N–H and O–H groups in total. The fourth-order valence-corrected chi connectivity index (χ4v) is 4.53. The van der Waals surface area contributed by atoms with Gasteiger partial charge in [-0.15, -0.1) is 0 Å². The van der Waals surface area contributed by atoms with E-state index in [4.69, 9.17) is 0 Å². The summed E-state index contributed by atoms with van der Waals surface area (Å²) in [4.78, 5) is 31.3. The normalized spacial score (nSPS) is 22.8. The summed E-state index contributed by atoms with van der Waals surface area (Å²) < 4.78 is 12.9. The number of hydrogen-bond acceptors (Lipinski definition) is 4. The lowest BCUT2D eigenvalue weighted by Crippen LogP contribution is -2.40. The summed E-state index contributed by atoms with van der Waals surface area (Å²) in [6.45, 7) is 2.56. The number of thioether (sulfide) groups is 1. The highest BCUT2D eigenvalue weighted by atomic mass is 32.2. The van der Waals surface area contributed by atoms with Crippen LogP contribution >= 0.6 is 11.8 Å². The van der Waals surface area contributed by atoms with Gasteiger partial charge in [0.05, 0.1) is 0 Å². The second-order valence-corrected chi connectivity index (χ2v) is 7.44. The summed E-state index contributed by atoms with van der Waals surface area (Å²) in [5.74, 6) is -0.618. The first kappa shape index (κ1) is 17.9. The van der Waals surface area contributed by atoms with Crippen LogP contribution in [0.4, 0.5) is 10.1 Å². The molecule has 1 aliphatic heterocycles. The van der Waals surface area contributed by atoms with E-state index in [0.29, 0.717) is 12.2 Å². The maximum absolute atomic E-state index is 12.9. The molecule has 0 unspecified atom stereocenters. The molecular formula is C18H22FN3O2S. The Bertz CT molecular complexity index is 671. The van der Waals surface area contributed by atoms with Gasteiger partial charge in [-0.1, -0.05) is 24.6 Å². The molecule has 7 heteroatoms. The van der Waals surface area contributed by atoms with Crippen LogP contribution in [0.2, 0.25) is 0 Å². The number of benzene rings is 1. The van der Waals surface area contributed by atoms with Crippen LogP contribution in [0.25, 0.3) is 0 Å². The van der Waals surface area contributed by atoms with Crippen molar-refractivity contribution in [3.05, 3.63) is 30.1 Å². The van der Waals surface area contributed by atoms with Crippen molar-refractivity contribution in [2.75, 3.05) is 11.9 Å². The fraction of sp³-hybridized carbons (Fsp3) is 0.500. The second kappa shape index (κ2) is 7.99. The van der Waals surface area contributed by atoms with Crippen molar-refractivity contribution in [3.63, 3.8) is 0 Å². The second-order valence-electron chi connectivity index (χ2n) is 6.27. The van der Waals surface area contributed by atoms with Crippen LogP contribution in [0.5, 0.6) is 0 Å². The lowest BCUT2D eigenvalue weighted by atomic mass is 10.2. The van der Waals surface area contributed by atoms with Gasteiger partial charge >= 0.3 is 0 Å². The van der Waals surface area contributed by atoms with Gasteiger partial charge in [0.1, 0.15) is 11.1 Å². The summed E-state index contributed by atoms with van der Waals surface area (Å²) in [5.41, 5.74) is 0.525. The van der Waals surface area contributed by atoms with Gasteiger partial charge in [0.15, 0.2) is 5.17 Å². The van der Waals surface area contributed by atoms with Crippen LogP contribution in [0.1, 0.15) is 39.0 Å². The Morgan fingerprint density at radius 3 is 2.64 bits per heavy atom. The molecule has 1 saturated carbocycles. The van der Waals surface area contributed by atoms with Crippen LogP contribution in [0.15, 0.2) is 29.3 Å². The van der Waals surface area contributed by atoms with Gasteiger partial charge < -0.3 is 5.32 Å². The smallest absolute Gasteiger partial charge is 0.242 e. The first-order valence-electron chi connectivity index (χ1n) is 8.68. The van der Waals surface area contributed by atoms with Gasteiger partial charge in [-0.3, -0.25) is 19.5 Å². The number of hydrogen-bond donors (Lipinski definition) is 1. The Morgan fingerprint density at radius 2 is 2.00 bits per heavy atom. The number of anilines is 1. The van der Waals surface area contributed by atoms with Crippen molar-refractivity contribution >= 4 is 34.4 Å². The number of amidine groups is 1. The highest BCUT2D eigenvalue weighted by Gasteiger charge is 2.43. The molecular weight excluding hydrogens is 341 g/mol. The number of carbonyl (C=O) groups is 2. The number of halogens is 1. The quantitative estimate of drug-likeness (QED) is 0.872. The fourth-order valence-electron chi connectivity index (χ4n) is 3.27. The Hall–Kier alpha value is -1.89. The molecule has 0 spiro atoms. The minimum atomic E-state index is -0.439. The summed E-state index contributed by atoms with van der Waals surface area (Å²) in [5, 5.41) is 3.03. The minimum absolute atomic E-state index is 0.0154. The van der Waals surface area contributed by atoms with Gasteiger partial charge in [-0.2, -0.15) is 0 Å². The average Bonchev–Trinajstić information content (AvgIpc) is 3.19. The van der Waals surface area contributed by atoms with Gasteiger partial charge in [-0.25, -0.2) is 4.39 Å². The molecule has 0 radical (unpaired) electrons. The monoisotopic (exact) mass is 363 g/mol. The molecule has 1 atom stereocenters. The molecule has 2 aliphatic rings. The molecule has 1 aliphatic carbocycles. The first-order valence-corrected chi connectivity index (χ1v) is 9.56. The van der Waals surface area contributed by atoms with Gasteiger partial charge in [0.2, 0.25) is 11.8 Å². The summed E-state index contributed by atoms with van der Waals surface area (Å²) in [6, 6.07) is 5.81. The first-order chi connectivity index (χ1) is 12.1. The van der Waals surface area contributed by atoms with Gasteiger partial charge in [0.25, 0.3) is 0 Å². The standard InChI is InChI=1S/C18H22FN3O2S/c1-2-20-18-22(14-5-3-4-6-14)17(24)15(25-18)11-16(23)21-13-9-7-12(19)8-10-13/h7-10,14-15H,2-6,11H2,1H3,(H,21,23)/t15-/m0/s1. The number of carbonyl (C=O) groups excluding carboxylic acids is 2. The van der Waals surface area contributed by atoms with Crippen LogP contribution in [0.3, 0.4) is 0 Å². The van der Waals surface area contributed by atoms with Crippen LogP contribution < -0.4 is 5.32 Å². The lowest BCUT2D eigenvalue weighted by Gasteiger charge is -2.23. The molecule has 2 amide bonds. The summed E-state index contributed by atoms with van der Waals surface area (Å²) >= 11 is 1.39. The predicted molar refractivity (Wildman–Crippen MR) is 98.1 cm³/mol. The van der Waals surface area contributed by atoms with E-state index in [-0.39, 0.29) is 30.1 Å². The van der Waals surface area contributed by atoms with Crippen molar-refractivity contribution in [3.8, 4) is 0 Å². The third-order valence-electron chi connectivity index (χ3n) is 4.45. The van der Waals surface area contributed by atoms with Crippen molar-refractivity contribution in [1.29, 1.82) is 0 Å². The maximum atomic E-state index is 12.9. The molecule has 1 aromatic rings. The minimum Gasteiger partial charge on any atom is -0.326 e.